The van der Waals surface area contributed by atoms with Crippen molar-refractivity contribution >= 4 is 17.5 Å². The normalized spacial score (nSPS) is 16.8. The van der Waals surface area contributed by atoms with Crippen LogP contribution in [0.4, 0.5) is 11.6 Å². The molecule has 5 rings (SSSR count). The molecule has 0 radical (unpaired) electrons. The fraction of sp³-hybridized carbons (Fsp3) is 0.370. The molecular formula is C27H32N6O3. The fourth-order valence-corrected chi connectivity index (χ4v) is 4.61. The lowest BCUT2D eigenvalue weighted by atomic mass is 10.1. The summed E-state index contributed by atoms with van der Waals surface area (Å²) in [5.41, 5.74) is 0.659. The fourth-order valence-electron chi connectivity index (χ4n) is 4.61. The first kappa shape index (κ1) is 24.0. The molecule has 0 unspecified atom stereocenters. The minimum atomic E-state index is 0.0303. The predicted octanol–water partition coefficient (Wildman–Crippen LogP) is 2.35. The number of carbonyl (C=O) groups excluding carboxylic acids is 1. The monoisotopic (exact) mass is 488 g/mol. The zero-order valence-electron chi connectivity index (χ0n) is 20.4. The van der Waals surface area contributed by atoms with Gasteiger partial charge < -0.3 is 24.5 Å². The number of aliphatic hydroxyl groups excluding tert-OH is 1. The van der Waals surface area contributed by atoms with Gasteiger partial charge in [-0.2, -0.15) is 0 Å². The summed E-state index contributed by atoms with van der Waals surface area (Å²) in [5.74, 6) is 3.23. The molecule has 0 atom stereocenters. The van der Waals surface area contributed by atoms with Crippen molar-refractivity contribution in [2.45, 2.75) is 0 Å². The Balaban J connectivity index is 1.11. The lowest BCUT2D eigenvalue weighted by molar-refractivity contribution is 0.0746. The molecule has 3 heterocycles. The molecule has 0 spiro atoms. The van der Waals surface area contributed by atoms with Gasteiger partial charge in [-0.15, -0.1) is 10.2 Å². The van der Waals surface area contributed by atoms with Crippen molar-refractivity contribution in [1.29, 1.82) is 0 Å². The molecular weight excluding hydrogens is 456 g/mol. The first-order valence-corrected chi connectivity index (χ1v) is 12.5. The van der Waals surface area contributed by atoms with Crippen LogP contribution in [0.15, 0.2) is 66.7 Å². The lowest BCUT2D eigenvalue weighted by Gasteiger charge is -2.36. The van der Waals surface area contributed by atoms with Gasteiger partial charge in [-0.25, -0.2) is 0 Å². The van der Waals surface area contributed by atoms with Crippen LogP contribution in [0.25, 0.3) is 0 Å². The maximum atomic E-state index is 13.0. The number of anilines is 2. The summed E-state index contributed by atoms with van der Waals surface area (Å²) in [6.07, 6.45) is 0. The minimum Gasteiger partial charge on any atom is -0.457 e. The molecule has 2 fully saturated rings. The molecule has 36 heavy (non-hydrogen) atoms. The number of rotatable bonds is 7. The van der Waals surface area contributed by atoms with Crippen molar-refractivity contribution in [3.8, 4) is 11.5 Å². The predicted molar refractivity (Wildman–Crippen MR) is 139 cm³/mol. The third-order valence-corrected chi connectivity index (χ3v) is 6.72. The van der Waals surface area contributed by atoms with Crippen LogP contribution in [0.1, 0.15) is 10.4 Å². The van der Waals surface area contributed by atoms with Gasteiger partial charge in [0.2, 0.25) is 0 Å². The number of benzene rings is 2. The number of aliphatic hydroxyl groups is 1. The van der Waals surface area contributed by atoms with Crippen LogP contribution in [0.5, 0.6) is 11.5 Å². The maximum absolute atomic E-state index is 13.0. The quantitative estimate of drug-likeness (QED) is 0.543. The summed E-state index contributed by atoms with van der Waals surface area (Å²) >= 11 is 0. The van der Waals surface area contributed by atoms with E-state index >= 15 is 0 Å². The average Bonchev–Trinajstić information content (AvgIpc) is 2.94. The Kier molecular flexibility index (Phi) is 7.58. The number of aromatic nitrogens is 2. The zero-order chi connectivity index (χ0) is 24.7. The summed E-state index contributed by atoms with van der Waals surface area (Å²) in [4.78, 5) is 21.6. The van der Waals surface area contributed by atoms with Gasteiger partial charge in [0, 0.05) is 64.5 Å². The van der Waals surface area contributed by atoms with Gasteiger partial charge in [0.05, 0.1) is 6.61 Å². The zero-order valence-corrected chi connectivity index (χ0v) is 20.4. The Hall–Kier alpha value is -3.69. The van der Waals surface area contributed by atoms with E-state index in [1.807, 2.05) is 71.6 Å². The summed E-state index contributed by atoms with van der Waals surface area (Å²) in [6, 6.07) is 21.0. The Bertz CT molecular complexity index is 1110. The average molecular weight is 489 g/mol. The Labute approximate surface area is 211 Å². The van der Waals surface area contributed by atoms with E-state index < -0.39 is 0 Å². The number of carbonyl (C=O) groups is 1. The molecule has 1 aromatic heterocycles. The molecule has 2 aliphatic heterocycles. The second-order valence-electron chi connectivity index (χ2n) is 9.02. The van der Waals surface area contributed by atoms with E-state index in [2.05, 4.69) is 24.9 Å². The second kappa shape index (κ2) is 11.4. The van der Waals surface area contributed by atoms with E-state index in [9.17, 15) is 4.79 Å². The van der Waals surface area contributed by atoms with Crippen LogP contribution >= 0.6 is 0 Å². The van der Waals surface area contributed by atoms with Gasteiger partial charge in [0.1, 0.15) is 11.5 Å². The van der Waals surface area contributed by atoms with Crippen molar-refractivity contribution in [2.75, 3.05) is 75.3 Å². The highest BCUT2D eigenvalue weighted by atomic mass is 16.5. The first-order valence-electron chi connectivity index (χ1n) is 12.5. The summed E-state index contributed by atoms with van der Waals surface area (Å²) in [6.45, 7) is 7.23. The maximum Gasteiger partial charge on any atom is 0.253 e. The highest BCUT2D eigenvalue weighted by molar-refractivity contribution is 5.94. The molecule has 2 aromatic carbocycles. The number of β-amino-alcohol motifs (C(OH)–C–C–N with tert-alkyl or cyclic N) is 1. The van der Waals surface area contributed by atoms with Crippen LogP contribution in [0.2, 0.25) is 0 Å². The molecule has 188 valence electrons. The van der Waals surface area contributed by atoms with Gasteiger partial charge in [-0.05, 0) is 48.5 Å². The number of amides is 1. The van der Waals surface area contributed by atoms with Crippen molar-refractivity contribution in [3.05, 3.63) is 72.3 Å². The Morgan fingerprint density at radius 2 is 1.28 bits per heavy atom. The number of hydrogen-bond donors (Lipinski definition) is 1. The third-order valence-electron chi connectivity index (χ3n) is 6.72. The van der Waals surface area contributed by atoms with Crippen molar-refractivity contribution in [1.82, 2.24) is 20.0 Å². The molecule has 9 heteroatoms. The third kappa shape index (κ3) is 5.75. The number of nitrogens with zero attached hydrogens (tertiary/aromatic N) is 6. The highest BCUT2D eigenvalue weighted by Crippen LogP contribution is 2.22. The number of ether oxygens (including phenoxy) is 1. The Morgan fingerprint density at radius 1 is 0.722 bits per heavy atom. The lowest BCUT2D eigenvalue weighted by Crippen LogP contribution is -2.49. The molecule has 3 aromatic rings. The second-order valence-corrected chi connectivity index (χ2v) is 9.02. The number of piperazine rings is 2. The number of para-hydroxylation sites is 1. The van der Waals surface area contributed by atoms with Crippen LogP contribution in [0.3, 0.4) is 0 Å². The molecule has 1 N–H and O–H groups in total. The molecule has 0 aliphatic carbocycles. The first-order chi connectivity index (χ1) is 17.7. The summed E-state index contributed by atoms with van der Waals surface area (Å²) < 4.78 is 5.82. The van der Waals surface area contributed by atoms with Gasteiger partial charge in [0.25, 0.3) is 5.91 Å². The molecule has 9 nitrogen and oxygen atoms in total. The van der Waals surface area contributed by atoms with E-state index in [0.717, 1.165) is 63.2 Å². The van der Waals surface area contributed by atoms with Crippen LogP contribution in [0, 0.1) is 0 Å². The largest absolute Gasteiger partial charge is 0.457 e. The van der Waals surface area contributed by atoms with E-state index in [4.69, 9.17) is 9.84 Å². The molecule has 2 aliphatic rings. The standard InChI is InChI=1S/C27H32N6O3/c34-21-20-30-12-14-31(15-13-30)25-10-11-26(29-28-25)32-16-18-33(19-17-32)27(35)22-6-8-24(9-7-22)36-23-4-2-1-3-5-23/h1-11,34H,12-21H2. The van der Waals surface area contributed by atoms with Gasteiger partial charge >= 0.3 is 0 Å². The number of hydrogen-bond acceptors (Lipinski definition) is 8. The summed E-state index contributed by atoms with van der Waals surface area (Å²) in [7, 11) is 0. The highest BCUT2D eigenvalue weighted by Gasteiger charge is 2.24. The SMILES string of the molecule is O=C(c1ccc(Oc2ccccc2)cc1)N1CCN(c2ccc(N3CCN(CCO)CC3)nn2)CC1. The molecule has 0 bridgehead atoms. The van der Waals surface area contributed by atoms with E-state index in [0.29, 0.717) is 24.4 Å². The summed E-state index contributed by atoms with van der Waals surface area (Å²) in [5, 5.41) is 18.0. The molecule has 2 saturated heterocycles. The van der Waals surface area contributed by atoms with Crippen molar-refractivity contribution in [2.24, 2.45) is 0 Å². The van der Waals surface area contributed by atoms with Gasteiger partial charge in [0.15, 0.2) is 11.6 Å². The van der Waals surface area contributed by atoms with Crippen molar-refractivity contribution in [3.63, 3.8) is 0 Å². The van der Waals surface area contributed by atoms with Gasteiger partial charge in [-0.1, -0.05) is 18.2 Å². The topological polar surface area (TPSA) is 85.3 Å². The van der Waals surface area contributed by atoms with Crippen LogP contribution < -0.4 is 14.5 Å². The van der Waals surface area contributed by atoms with E-state index in [1.165, 1.54) is 0 Å². The molecule has 1 amide bonds. The smallest absolute Gasteiger partial charge is 0.253 e. The van der Waals surface area contributed by atoms with Gasteiger partial charge in [-0.3, -0.25) is 9.69 Å². The molecule has 0 saturated carbocycles. The van der Waals surface area contributed by atoms with E-state index in [-0.39, 0.29) is 12.5 Å². The Morgan fingerprint density at radius 3 is 1.83 bits per heavy atom. The van der Waals surface area contributed by atoms with Crippen LogP contribution in [-0.2, 0) is 0 Å². The van der Waals surface area contributed by atoms with Crippen LogP contribution in [-0.4, -0.2) is 96.5 Å². The van der Waals surface area contributed by atoms with E-state index in [1.54, 1.807) is 0 Å². The minimum absolute atomic E-state index is 0.0303. The van der Waals surface area contributed by atoms with Crippen molar-refractivity contribution < 1.29 is 14.6 Å².